The zero-order valence-corrected chi connectivity index (χ0v) is 11.3. The lowest BCUT2D eigenvalue weighted by Gasteiger charge is -2.40. The maximum absolute atomic E-state index is 11.8. The van der Waals surface area contributed by atoms with Crippen LogP contribution in [0.2, 0.25) is 0 Å². The van der Waals surface area contributed by atoms with Crippen molar-refractivity contribution >= 4 is 5.91 Å². The van der Waals surface area contributed by atoms with Crippen molar-refractivity contribution in [2.75, 3.05) is 13.7 Å². The summed E-state index contributed by atoms with van der Waals surface area (Å²) in [6.07, 6.45) is 2.47. The molecule has 0 aromatic heterocycles. The van der Waals surface area contributed by atoms with Crippen LogP contribution < -0.4 is 5.32 Å². The summed E-state index contributed by atoms with van der Waals surface area (Å²) in [6, 6.07) is 9.23. The number of nitrogens with one attached hydrogen (secondary N) is 1. The number of benzene rings is 1. The van der Waals surface area contributed by atoms with Gasteiger partial charge in [-0.15, -0.1) is 0 Å². The van der Waals surface area contributed by atoms with E-state index in [1.165, 1.54) is 0 Å². The van der Waals surface area contributed by atoms with Crippen LogP contribution in [0, 0.1) is 0 Å². The summed E-state index contributed by atoms with van der Waals surface area (Å²) in [5.74, 6) is -0.139. The summed E-state index contributed by atoms with van der Waals surface area (Å²) < 4.78 is 5.44. The van der Waals surface area contributed by atoms with Crippen LogP contribution in [-0.4, -0.2) is 30.3 Å². The van der Waals surface area contributed by atoms with Crippen molar-refractivity contribution in [3.8, 4) is 0 Å². The average molecular weight is 263 g/mol. The third-order valence-electron chi connectivity index (χ3n) is 3.87. The molecule has 0 aliphatic heterocycles. The molecule has 0 unspecified atom stereocenters. The predicted octanol–water partition coefficient (Wildman–Crippen LogP) is 1.80. The van der Waals surface area contributed by atoms with Crippen LogP contribution in [0.25, 0.3) is 0 Å². The number of carbonyl (C=O) groups is 1. The number of hydrogen-bond acceptors (Lipinski definition) is 3. The highest BCUT2D eigenvalue weighted by Crippen LogP contribution is 2.34. The fourth-order valence-corrected chi connectivity index (χ4v) is 2.32. The van der Waals surface area contributed by atoms with Crippen molar-refractivity contribution in [1.29, 1.82) is 0 Å². The van der Waals surface area contributed by atoms with E-state index < -0.39 is 6.10 Å². The number of aliphatic hydroxyl groups excluding tert-OH is 1. The van der Waals surface area contributed by atoms with E-state index in [4.69, 9.17) is 4.74 Å². The van der Waals surface area contributed by atoms with E-state index >= 15 is 0 Å². The third kappa shape index (κ3) is 3.55. The number of amides is 1. The van der Waals surface area contributed by atoms with Crippen molar-refractivity contribution in [1.82, 2.24) is 5.32 Å². The highest BCUT2D eigenvalue weighted by atomic mass is 16.5. The molecular weight excluding hydrogens is 242 g/mol. The van der Waals surface area contributed by atoms with Crippen LogP contribution in [0.1, 0.15) is 37.4 Å². The van der Waals surface area contributed by atoms with Gasteiger partial charge in [0, 0.05) is 13.7 Å². The fourth-order valence-electron chi connectivity index (χ4n) is 2.32. The van der Waals surface area contributed by atoms with Crippen LogP contribution in [0.4, 0.5) is 0 Å². The van der Waals surface area contributed by atoms with E-state index in [2.05, 4.69) is 5.32 Å². The summed E-state index contributed by atoms with van der Waals surface area (Å²) in [4.78, 5) is 11.8. The first-order chi connectivity index (χ1) is 9.15. The molecule has 1 aliphatic rings. The van der Waals surface area contributed by atoms with Gasteiger partial charge in [-0.05, 0) is 24.8 Å². The van der Waals surface area contributed by atoms with E-state index in [1.807, 2.05) is 30.3 Å². The molecular formula is C15H21NO3. The Labute approximate surface area is 113 Å². The molecule has 2 rings (SSSR count). The normalized spacial score (nSPS) is 18.4. The topological polar surface area (TPSA) is 58.6 Å². The first-order valence-corrected chi connectivity index (χ1v) is 6.70. The standard InChI is InChI=1S/C15H21NO3/c1-19-15(8-5-9-15)11-16-14(18)10-13(17)12-6-3-2-4-7-12/h2-4,6-7,13,17H,5,8-11H2,1H3,(H,16,18)/t13-/m0/s1. The minimum atomic E-state index is -0.749. The maximum Gasteiger partial charge on any atom is 0.223 e. The van der Waals surface area contributed by atoms with Gasteiger partial charge >= 0.3 is 0 Å². The highest BCUT2D eigenvalue weighted by molar-refractivity contribution is 5.76. The van der Waals surface area contributed by atoms with Gasteiger partial charge in [0.25, 0.3) is 0 Å². The van der Waals surface area contributed by atoms with Crippen molar-refractivity contribution in [2.24, 2.45) is 0 Å². The van der Waals surface area contributed by atoms with Gasteiger partial charge in [-0.3, -0.25) is 4.79 Å². The Hall–Kier alpha value is -1.39. The van der Waals surface area contributed by atoms with Crippen molar-refractivity contribution in [3.63, 3.8) is 0 Å². The summed E-state index contributed by atoms with van der Waals surface area (Å²) in [7, 11) is 1.68. The molecule has 104 valence electrons. The Balaban J connectivity index is 1.78. The van der Waals surface area contributed by atoms with Gasteiger partial charge in [-0.2, -0.15) is 0 Å². The number of aliphatic hydroxyl groups is 1. The second kappa shape index (κ2) is 6.17. The number of hydrogen-bond donors (Lipinski definition) is 2. The van der Waals surface area contributed by atoms with E-state index in [1.54, 1.807) is 7.11 Å². The van der Waals surface area contributed by atoms with Crippen LogP contribution >= 0.6 is 0 Å². The van der Waals surface area contributed by atoms with Crippen molar-refractivity contribution < 1.29 is 14.6 Å². The van der Waals surface area contributed by atoms with Crippen LogP contribution in [-0.2, 0) is 9.53 Å². The summed E-state index contributed by atoms with van der Waals surface area (Å²) in [6.45, 7) is 0.532. The lowest BCUT2D eigenvalue weighted by Crippen LogP contribution is -2.49. The monoisotopic (exact) mass is 263 g/mol. The van der Waals surface area contributed by atoms with Crippen molar-refractivity contribution in [2.45, 2.75) is 37.4 Å². The van der Waals surface area contributed by atoms with Gasteiger partial charge in [0.1, 0.15) is 0 Å². The second-order valence-electron chi connectivity index (χ2n) is 5.15. The molecule has 4 nitrogen and oxygen atoms in total. The maximum atomic E-state index is 11.8. The lowest BCUT2D eigenvalue weighted by molar-refractivity contribution is -0.126. The van der Waals surface area contributed by atoms with Gasteiger partial charge in [0.15, 0.2) is 0 Å². The largest absolute Gasteiger partial charge is 0.388 e. The summed E-state index contributed by atoms with van der Waals surface area (Å²) >= 11 is 0. The average Bonchev–Trinajstić information content (AvgIpc) is 2.39. The van der Waals surface area contributed by atoms with Crippen LogP contribution in [0.15, 0.2) is 30.3 Å². The molecule has 1 aromatic rings. The number of ether oxygens (including phenoxy) is 1. The number of rotatable bonds is 6. The molecule has 1 fully saturated rings. The molecule has 0 radical (unpaired) electrons. The van der Waals surface area contributed by atoms with Gasteiger partial charge in [0.2, 0.25) is 5.91 Å². The SMILES string of the molecule is COC1(CNC(=O)C[C@H](O)c2ccccc2)CCC1. The Bertz CT molecular complexity index is 409. The van der Waals surface area contributed by atoms with Gasteiger partial charge < -0.3 is 15.2 Å². The van der Waals surface area contributed by atoms with E-state index in [-0.39, 0.29) is 17.9 Å². The molecule has 0 spiro atoms. The molecule has 0 heterocycles. The lowest BCUT2D eigenvalue weighted by atomic mass is 9.80. The Morgan fingerprint density at radius 1 is 1.42 bits per heavy atom. The summed E-state index contributed by atoms with van der Waals surface area (Å²) in [5, 5.41) is 12.8. The molecule has 4 heteroatoms. The van der Waals surface area contributed by atoms with Crippen LogP contribution in [0.3, 0.4) is 0 Å². The molecule has 19 heavy (non-hydrogen) atoms. The molecule has 1 aromatic carbocycles. The van der Waals surface area contributed by atoms with E-state index in [0.29, 0.717) is 6.54 Å². The Morgan fingerprint density at radius 2 is 2.11 bits per heavy atom. The first-order valence-electron chi connectivity index (χ1n) is 6.70. The van der Waals surface area contributed by atoms with Gasteiger partial charge in [-0.1, -0.05) is 30.3 Å². The molecule has 1 aliphatic carbocycles. The molecule has 2 N–H and O–H groups in total. The molecule has 1 amide bonds. The van der Waals surface area contributed by atoms with Gasteiger partial charge in [-0.25, -0.2) is 0 Å². The second-order valence-corrected chi connectivity index (χ2v) is 5.15. The minimum absolute atomic E-state index is 0.0871. The Morgan fingerprint density at radius 3 is 2.63 bits per heavy atom. The first kappa shape index (κ1) is 14.0. The molecule has 0 bridgehead atoms. The van der Waals surface area contributed by atoms with Gasteiger partial charge in [0.05, 0.1) is 18.1 Å². The smallest absolute Gasteiger partial charge is 0.223 e. The zero-order chi connectivity index (χ0) is 13.7. The van der Waals surface area contributed by atoms with Crippen LogP contribution in [0.5, 0.6) is 0 Å². The molecule has 1 saturated carbocycles. The zero-order valence-electron chi connectivity index (χ0n) is 11.3. The molecule has 1 atom stereocenters. The number of methoxy groups -OCH3 is 1. The Kier molecular flexibility index (Phi) is 4.56. The quantitative estimate of drug-likeness (QED) is 0.822. The third-order valence-corrected chi connectivity index (χ3v) is 3.87. The summed E-state index contributed by atoms with van der Waals surface area (Å²) in [5.41, 5.74) is 0.593. The van der Waals surface area contributed by atoms with E-state index in [0.717, 1.165) is 24.8 Å². The highest BCUT2D eigenvalue weighted by Gasteiger charge is 2.37. The predicted molar refractivity (Wildman–Crippen MR) is 72.6 cm³/mol. The minimum Gasteiger partial charge on any atom is -0.388 e. The van der Waals surface area contributed by atoms with E-state index in [9.17, 15) is 9.90 Å². The van der Waals surface area contributed by atoms with Crippen molar-refractivity contribution in [3.05, 3.63) is 35.9 Å². The number of carbonyl (C=O) groups excluding carboxylic acids is 1. The fraction of sp³-hybridized carbons (Fsp3) is 0.533. The molecule has 0 saturated heterocycles.